The molecule has 1 aliphatic rings. The van der Waals surface area contributed by atoms with Crippen LogP contribution in [0.15, 0.2) is 24.3 Å². The van der Waals surface area contributed by atoms with E-state index in [4.69, 9.17) is 0 Å². The first-order chi connectivity index (χ1) is 9.69. The van der Waals surface area contributed by atoms with Crippen LogP contribution in [-0.4, -0.2) is 24.4 Å². The van der Waals surface area contributed by atoms with E-state index in [1.54, 1.807) is 31.2 Å². The first-order valence-electron chi connectivity index (χ1n) is 7.13. The van der Waals surface area contributed by atoms with Gasteiger partial charge < -0.3 is 16.0 Å². The van der Waals surface area contributed by atoms with E-state index in [0.29, 0.717) is 6.42 Å². The van der Waals surface area contributed by atoms with Gasteiger partial charge in [0.15, 0.2) is 0 Å². The molecule has 1 aromatic carbocycles. The molecule has 116 valence electrons. The van der Waals surface area contributed by atoms with E-state index in [2.05, 4.69) is 16.0 Å². The lowest BCUT2D eigenvalue weighted by Crippen LogP contribution is -2.43. The Balaban J connectivity index is 0.00000220. The van der Waals surface area contributed by atoms with Crippen molar-refractivity contribution in [3.05, 3.63) is 24.3 Å². The predicted octanol–water partition coefficient (Wildman–Crippen LogP) is 2.54. The third-order valence-corrected chi connectivity index (χ3v) is 3.38. The maximum atomic E-state index is 12.0. The van der Waals surface area contributed by atoms with Crippen molar-refractivity contribution in [2.75, 3.05) is 17.2 Å². The lowest BCUT2D eigenvalue weighted by molar-refractivity contribution is -0.118. The highest BCUT2D eigenvalue weighted by Crippen LogP contribution is 2.15. The van der Waals surface area contributed by atoms with E-state index in [1.807, 2.05) is 0 Å². The molecule has 5 nitrogen and oxygen atoms in total. The molecule has 6 heteroatoms. The van der Waals surface area contributed by atoms with Crippen LogP contribution in [0.5, 0.6) is 0 Å². The summed E-state index contributed by atoms with van der Waals surface area (Å²) in [4.78, 5) is 23.3. The molecule has 2 rings (SSSR count). The van der Waals surface area contributed by atoms with E-state index in [-0.39, 0.29) is 30.3 Å². The molecular weight excluding hydrogens is 290 g/mol. The highest BCUT2D eigenvalue weighted by molar-refractivity contribution is 5.95. The molecule has 3 N–H and O–H groups in total. The molecule has 1 saturated heterocycles. The van der Waals surface area contributed by atoms with Crippen LogP contribution in [0.4, 0.5) is 11.4 Å². The fraction of sp³-hybridized carbons (Fsp3) is 0.467. The van der Waals surface area contributed by atoms with Gasteiger partial charge in [-0.05, 0) is 43.7 Å². The zero-order valence-corrected chi connectivity index (χ0v) is 13.0. The van der Waals surface area contributed by atoms with Crippen LogP contribution < -0.4 is 16.0 Å². The highest BCUT2D eigenvalue weighted by Gasteiger charge is 2.20. The van der Waals surface area contributed by atoms with Gasteiger partial charge >= 0.3 is 0 Å². The Kier molecular flexibility index (Phi) is 7.19. The number of carbonyl (C=O) groups excluding carboxylic acids is 2. The van der Waals surface area contributed by atoms with Crippen molar-refractivity contribution in [1.29, 1.82) is 0 Å². The number of hydrogen-bond acceptors (Lipinski definition) is 3. The van der Waals surface area contributed by atoms with Gasteiger partial charge in [-0.25, -0.2) is 0 Å². The zero-order valence-electron chi connectivity index (χ0n) is 12.1. The van der Waals surface area contributed by atoms with E-state index in [0.717, 1.165) is 37.2 Å². The fourth-order valence-corrected chi connectivity index (χ4v) is 2.19. The van der Waals surface area contributed by atoms with Crippen molar-refractivity contribution in [2.24, 2.45) is 0 Å². The minimum atomic E-state index is -0.0942. The minimum Gasteiger partial charge on any atom is -0.326 e. The Morgan fingerprint density at radius 2 is 1.76 bits per heavy atom. The SMILES string of the molecule is CCC(=O)Nc1ccc(NC(=O)[C@H]2CCCCN2)cc1.Cl. The second kappa shape index (κ2) is 8.64. The minimum absolute atomic E-state index is 0. The number of nitrogens with one attached hydrogen (secondary N) is 3. The summed E-state index contributed by atoms with van der Waals surface area (Å²) in [6, 6.07) is 7.08. The molecule has 0 aliphatic carbocycles. The lowest BCUT2D eigenvalue weighted by Gasteiger charge is -2.22. The molecular formula is C15H22ClN3O2. The predicted molar refractivity (Wildman–Crippen MR) is 86.9 cm³/mol. The second-order valence-electron chi connectivity index (χ2n) is 4.97. The summed E-state index contributed by atoms with van der Waals surface area (Å²) in [7, 11) is 0. The van der Waals surface area contributed by atoms with E-state index in [1.165, 1.54) is 0 Å². The smallest absolute Gasteiger partial charge is 0.241 e. The number of hydrogen-bond donors (Lipinski definition) is 3. The molecule has 1 atom stereocenters. The average Bonchev–Trinajstić information content (AvgIpc) is 2.50. The summed E-state index contributed by atoms with van der Waals surface area (Å²) in [5.74, 6) is -0.0109. The van der Waals surface area contributed by atoms with Gasteiger partial charge in [0.25, 0.3) is 0 Å². The van der Waals surface area contributed by atoms with Crippen molar-refractivity contribution >= 4 is 35.6 Å². The normalized spacial score (nSPS) is 17.5. The molecule has 21 heavy (non-hydrogen) atoms. The summed E-state index contributed by atoms with van der Waals surface area (Å²) in [6.07, 6.45) is 3.56. The molecule has 1 aliphatic heterocycles. The van der Waals surface area contributed by atoms with Crippen molar-refractivity contribution in [2.45, 2.75) is 38.6 Å². The maximum Gasteiger partial charge on any atom is 0.241 e. The monoisotopic (exact) mass is 311 g/mol. The number of piperidine rings is 1. The number of amides is 2. The van der Waals surface area contributed by atoms with E-state index < -0.39 is 0 Å². The first-order valence-corrected chi connectivity index (χ1v) is 7.13. The van der Waals surface area contributed by atoms with Gasteiger partial charge in [-0.15, -0.1) is 12.4 Å². The molecule has 1 aromatic rings. The fourth-order valence-electron chi connectivity index (χ4n) is 2.19. The molecule has 0 bridgehead atoms. The van der Waals surface area contributed by atoms with E-state index in [9.17, 15) is 9.59 Å². The van der Waals surface area contributed by atoms with Gasteiger partial charge in [0.1, 0.15) is 0 Å². The summed E-state index contributed by atoms with van der Waals surface area (Å²) in [5.41, 5.74) is 1.49. The summed E-state index contributed by atoms with van der Waals surface area (Å²) in [6.45, 7) is 2.71. The molecule has 2 amide bonds. The quantitative estimate of drug-likeness (QED) is 0.800. The van der Waals surface area contributed by atoms with Crippen LogP contribution in [0.25, 0.3) is 0 Å². The Morgan fingerprint density at radius 3 is 2.29 bits per heavy atom. The maximum absolute atomic E-state index is 12.0. The number of halogens is 1. The van der Waals surface area contributed by atoms with Crippen LogP contribution in [0.3, 0.4) is 0 Å². The van der Waals surface area contributed by atoms with Crippen molar-refractivity contribution in [3.63, 3.8) is 0 Å². The number of benzene rings is 1. The number of carbonyl (C=O) groups is 2. The molecule has 0 aromatic heterocycles. The van der Waals surface area contributed by atoms with Crippen LogP contribution in [0.2, 0.25) is 0 Å². The average molecular weight is 312 g/mol. The van der Waals surface area contributed by atoms with Crippen LogP contribution >= 0.6 is 12.4 Å². The van der Waals surface area contributed by atoms with Gasteiger partial charge in [0.2, 0.25) is 11.8 Å². The second-order valence-corrected chi connectivity index (χ2v) is 4.97. The molecule has 0 saturated carbocycles. The Morgan fingerprint density at radius 1 is 1.14 bits per heavy atom. The van der Waals surface area contributed by atoms with Gasteiger partial charge in [-0.3, -0.25) is 9.59 Å². The standard InChI is InChI=1S/C15H21N3O2.ClH/c1-2-14(19)17-11-6-8-12(9-7-11)18-15(20)13-5-3-4-10-16-13;/h6-9,13,16H,2-5,10H2,1H3,(H,17,19)(H,18,20);1H/t13-;/m1./s1. The summed E-state index contributed by atoms with van der Waals surface area (Å²) in [5, 5.41) is 8.88. The van der Waals surface area contributed by atoms with Gasteiger partial charge in [-0.2, -0.15) is 0 Å². The molecule has 0 radical (unpaired) electrons. The van der Waals surface area contributed by atoms with Gasteiger partial charge in [0.05, 0.1) is 6.04 Å². The lowest BCUT2D eigenvalue weighted by atomic mass is 10.0. The Labute approximate surface area is 131 Å². The first kappa shape index (κ1) is 17.5. The molecule has 1 fully saturated rings. The number of anilines is 2. The summed E-state index contributed by atoms with van der Waals surface area (Å²) >= 11 is 0. The van der Waals surface area contributed by atoms with Crippen LogP contribution in [0.1, 0.15) is 32.6 Å². The van der Waals surface area contributed by atoms with Crippen molar-refractivity contribution < 1.29 is 9.59 Å². The van der Waals surface area contributed by atoms with Gasteiger partial charge in [0, 0.05) is 17.8 Å². The van der Waals surface area contributed by atoms with Crippen LogP contribution in [0, 0.1) is 0 Å². The highest BCUT2D eigenvalue weighted by atomic mass is 35.5. The Bertz CT molecular complexity index is 470. The topological polar surface area (TPSA) is 70.2 Å². The molecule has 0 spiro atoms. The largest absolute Gasteiger partial charge is 0.326 e. The van der Waals surface area contributed by atoms with E-state index >= 15 is 0 Å². The number of rotatable bonds is 4. The molecule has 0 unspecified atom stereocenters. The molecule has 1 heterocycles. The van der Waals surface area contributed by atoms with Crippen molar-refractivity contribution in [3.8, 4) is 0 Å². The zero-order chi connectivity index (χ0) is 14.4. The summed E-state index contributed by atoms with van der Waals surface area (Å²) < 4.78 is 0. The van der Waals surface area contributed by atoms with Gasteiger partial charge in [-0.1, -0.05) is 13.3 Å². The third kappa shape index (κ3) is 5.36. The van der Waals surface area contributed by atoms with Crippen molar-refractivity contribution in [1.82, 2.24) is 5.32 Å². The Hall–Kier alpha value is -1.59. The third-order valence-electron chi connectivity index (χ3n) is 3.38. The van der Waals surface area contributed by atoms with Crippen LogP contribution in [-0.2, 0) is 9.59 Å².